The van der Waals surface area contributed by atoms with Crippen molar-refractivity contribution in [1.82, 2.24) is 4.90 Å². The van der Waals surface area contributed by atoms with Crippen LogP contribution in [0.2, 0.25) is 0 Å². The maximum atomic E-state index is 12.1. The standard InChI is InChI=1S/C11H11N3O6/c15-10-1-2-12(6-10)11(16)7-3-8(13(17)18)5-9(4-7)14(19)20/h3-5,10,15H,1-2,6H2/t10-/m1/s1. The van der Waals surface area contributed by atoms with E-state index in [2.05, 4.69) is 0 Å². The Bertz CT molecular complexity index is 555. The number of rotatable bonds is 3. The van der Waals surface area contributed by atoms with Crippen LogP contribution >= 0.6 is 0 Å². The molecule has 1 fully saturated rings. The number of likely N-dealkylation sites (tertiary alicyclic amines) is 1. The Kier molecular flexibility index (Phi) is 3.61. The van der Waals surface area contributed by atoms with Gasteiger partial charge < -0.3 is 10.0 Å². The zero-order chi connectivity index (χ0) is 14.9. The van der Waals surface area contributed by atoms with E-state index in [4.69, 9.17) is 0 Å². The molecule has 1 aliphatic heterocycles. The molecule has 1 aromatic carbocycles. The van der Waals surface area contributed by atoms with Crippen LogP contribution in [0, 0.1) is 20.2 Å². The Morgan fingerprint density at radius 1 is 1.20 bits per heavy atom. The molecule has 2 rings (SSSR count). The van der Waals surface area contributed by atoms with Crippen molar-refractivity contribution in [3.05, 3.63) is 44.0 Å². The van der Waals surface area contributed by atoms with Gasteiger partial charge in [-0.3, -0.25) is 25.0 Å². The van der Waals surface area contributed by atoms with Crippen LogP contribution in [0.5, 0.6) is 0 Å². The molecule has 0 spiro atoms. The summed E-state index contributed by atoms with van der Waals surface area (Å²) in [6, 6.07) is 2.80. The SMILES string of the molecule is O=C(c1cc([N+](=O)[O-])cc([N+](=O)[O-])c1)N1CC[C@@H](O)C1. The second-order valence-electron chi connectivity index (χ2n) is 4.45. The van der Waals surface area contributed by atoms with Gasteiger partial charge in [-0.15, -0.1) is 0 Å². The van der Waals surface area contributed by atoms with Gasteiger partial charge in [0.2, 0.25) is 0 Å². The van der Waals surface area contributed by atoms with Gasteiger partial charge in [0.1, 0.15) is 0 Å². The fraction of sp³-hybridized carbons (Fsp3) is 0.364. The lowest BCUT2D eigenvalue weighted by Crippen LogP contribution is -2.29. The number of amides is 1. The van der Waals surface area contributed by atoms with E-state index < -0.39 is 33.2 Å². The van der Waals surface area contributed by atoms with Gasteiger partial charge in [0, 0.05) is 25.2 Å². The number of nitro groups is 2. The lowest BCUT2D eigenvalue weighted by atomic mass is 10.1. The molecule has 9 heteroatoms. The topological polar surface area (TPSA) is 127 Å². The summed E-state index contributed by atoms with van der Waals surface area (Å²) in [5, 5.41) is 30.9. The van der Waals surface area contributed by atoms with Crippen LogP contribution in [0.4, 0.5) is 11.4 Å². The van der Waals surface area contributed by atoms with Crippen molar-refractivity contribution in [2.45, 2.75) is 12.5 Å². The van der Waals surface area contributed by atoms with Crippen molar-refractivity contribution < 1.29 is 19.7 Å². The van der Waals surface area contributed by atoms with E-state index in [1.165, 1.54) is 4.90 Å². The minimum absolute atomic E-state index is 0.120. The van der Waals surface area contributed by atoms with E-state index in [-0.39, 0.29) is 12.1 Å². The third-order valence-electron chi connectivity index (χ3n) is 3.02. The van der Waals surface area contributed by atoms with Crippen molar-refractivity contribution >= 4 is 17.3 Å². The lowest BCUT2D eigenvalue weighted by Gasteiger charge is -2.15. The van der Waals surface area contributed by atoms with Gasteiger partial charge in [0.25, 0.3) is 17.3 Å². The molecule has 0 unspecified atom stereocenters. The maximum Gasteiger partial charge on any atom is 0.277 e. The lowest BCUT2D eigenvalue weighted by molar-refractivity contribution is -0.394. The number of benzene rings is 1. The van der Waals surface area contributed by atoms with Crippen LogP contribution in [0.15, 0.2) is 18.2 Å². The first-order chi connectivity index (χ1) is 9.38. The number of nitrogens with zero attached hydrogens (tertiary/aromatic N) is 3. The summed E-state index contributed by atoms with van der Waals surface area (Å²) in [5.41, 5.74) is -1.15. The third-order valence-corrected chi connectivity index (χ3v) is 3.02. The fourth-order valence-corrected chi connectivity index (χ4v) is 2.04. The number of aliphatic hydroxyl groups excluding tert-OH is 1. The van der Waals surface area contributed by atoms with E-state index in [9.17, 15) is 30.1 Å². The summed E-state index contributed by atoms with van der Waals surface area (Å²) in [5.74, 6) is -0.562. The number of nitro benzene ring substituents is 2. The Hall–Kier alpha value is -2.55. The first kappa shape index (κ1) is 13.9. The summed E-state index contributed by atoms with van der Waals surface area (Å²) in [4.78, 5) is 33.3. The highest BCUT2D eigenvalue weighted by Crippen LogP contribution is 2.24. The summed E-state index contributed by atoms with van der Waals surface area (Å²) in [6.45, 7) is 0.436. The number of β-amino-alcohol motifs (C(OH)–C–C–N with tert-alkyl or cyclic N) is 1. The third kappa shape index (κ3) is 2.72. The van der Waals surface area contributed by atoms with E-state index >= 15 is 0 Å². The van der Waals surface area contributed by atoms with Crippen molar-refractivity contribution in [2.24, 2.45) is 0 Å². The predicted molar refractivity (Wildman–Crippen MR) is 66.3 cm³/mol. The zero-order valence-corrected chi connectivity index (χ0v) is 10.3. The molecule has 1 N–H and O–H groups in total. The molecule has 1 heterocycles. The molecule has 0 radical (unpaired) electrons. The second-order valence-corrected chi connectivity index (χ2v) is 4.45. The van der Waals surface area contributed by atoms with E-state index in [1.807, 2.05) is 0 Å². The quantitative estimate of drug-likeness (QED) is 0.642. The zero-order valence-electron chi connectivity index (χ0n) is 10.3. The summed E-state index contributed by atoms with van der Waals surface area (Å²) in [6.07, 6.45) is -0.212. The number of hydrogen-bond acceptors (Lipinski definition) is 6. The normalized spacial score (nSPS) is 18.1. The Balaban J connectivity index is 2.37. The molecule has 0 saturated carbocycles. The fourth-order valence-electron chi connectivity index (χ4n) is 2.04. The van der Waals surface area contributed by atoms with Gasteiger partial charge in [0.15, 0.2) is 0 Å². The molecule has 1 saturated heterocycles. The molecule has 0 aliphatic carbocycles. The summed E-state index contributed by atoms with van der Waals surface area (Å²) < 4.78 is 0. The minimum Gasteiger partial charge on any atom is -0.391 e. The molecule has 1 aliphatic rings. The minimum atomic E-state index is -0.789. The molecular weight excluding hydrogens is 270 g/mol. The van der Waals surface area contributed by atoms with Crippen LogP contribution in [0.3, 0.4) is 0 Å². The smallest absolute Gasteiger partial charge is 0.277 e. The largest absolute Gasteiger partial charge is 0.391 e. The molecule has 9 nitrogen and oxygen atoms in total. The van der Waals surface area contributed by atoms with Gasteiger partial charge in [0.05, 0.1) is 27.6 Å². The Morgan fingerprint density at radius 2 is 1.75 bits per heavy atom. The average molecular weight is 281 g/mol. The highest BCUT2D eigenvalue weighted by Gasteiger charge is 2.28. The van der Waals surface area contributed by atoms with E-state index in [0.717, 1.165) is 18.2 Å². The molecule has 1 amide bonds. The molecular formula is C11H11N3O6. The summed E-state index contributed by atoms with van der Waals surface area (Å²) in [7, 11) is 0. The van der Waals surface area contributed by atoms with Crippen LogP contribution in [-0.2, 0) is 0 Å². The number of hydrogen-bond donors (Lipinski definition) is 1. The molecule has 1 aromatic rings. The first-order valence-electron chi connectivity index (χ1n) is 5.79. The predicted octanol–water partition coefficient (Wildman–Crippen LogP) is 0.710. The Morgan fingerprint density at radius 3 is 2.15 bits per heavy atom. The molecule has 0 aromatic heterocycles. The number of non-ortho nitro benzene ring substituents is 2. The van der Waals surface area contributed by atoms with Gasteiger partial charge >= 0.3 is 0 Å². The highest BCUT2D eigenvalue weighted by molar-refractivity contribution is 5.95. The van der Waals surface area contributed by atoms with Crippen molar-refractivity contribution in [1.29, 1.82) is 0 Å². The Labute approximate surface area is 112 Å². The van der Waals surface area contributed by atoms with E-state index in [0.29, 0.717) is 13.0 Å². The van der Waals surface area contributed by atoms with Crippen molar-refractivity contribution in [3.8, 4) is 0 Å². The van der Waals surface area contributed by atoms with Crippen LogP contribution < -0.4 is 0 Å². The number of carbonyl (C=O) groups excluding carboxylic acids is 1. The summed E-state index contributed by atoms with van der Waals surface area (Å²) >= 11 is 0. The average Bonchev–Trinajstić information content (AvgIpc) is 2.83. The van der Waals surface area contributed by atoms with Crippen LogP contribution in [-0.4, -0.2) is 45.0 Å². The number of carbonyl (C=O) groups is 1. The van der Waals surface area contributed by atoms with Gasteiger partial charge in [-0.25, -0.2) is 0 Å². The van der Waals surface area contributed by atoms with Crippen LogP contribution in [0.1, 0.15) is 16.8 Å². The maximum absolute atomic E-state index is 12.1. The van der Waals surface area contributed by atoms with Gasteiger partial charge in [-0.2, -0.15) is 0 Å². The molecule has 0 bridgehead atoms. The van der Waals surface area contributed by atoms with Gasteiger partial charge in [-0.1, -0.05) is 0 Å². The monoisotopic (exact) mass is 281 g/mol. The van der Waals surface area contributed by atoms with Crippen molar-refractivity contribution in [3.63, 3.8) is 0 Å². The van der Waals surface area contributed by atoms with E-state index in [1.54, 1.807) is 0 Å². The molecule has 106 valence electrons. The first-order valence-corrected chi connectivity index (χ1v) is 5.79. The van der Waals surface area contributed by atoms with Gasteiger partial charge in [-0.05, 0) is 6.42 Å². The molecule has 20 heavy (non-hydrogen) atoms. The molecule has 1 atom stereocenters. The van der Waals surface area contributed by atoms with Crippen LogP contribution in [0.25, 0.3) is 0 Å². The second kappa shape index (κ2) is 5.21. The number of aliphatic hydroxyl groups is 1. The van der Waals surface area contributed by atoms with Crippen molar-refractivity contribution in [2.75, 3.05) is 13.1 Å². The highest BCUT2D eigenvalue weighted by atomic mass is 16.6.